The molecule has 1 atom stereocenters. The summed E-state index contributed by atoms with van der Waals surface area (Å²) in [5, 5.41) is -0.481. The highest BCUT2D eigenvalue weighted by atomic mass is 35.5. The van der Waals surface area contributed by atoms with Gasteiger partial charge in [-0.05, 0) is 38.5 Å². The van der Waals surface area contributed by atoms with Gasteiger partial charge in [0.25, 0.3) is 0 Å². The fourth-order valence-electron chi connectivity index (χ4n) is 1.48. The Bertz CT molecular complexity index is 349. The molecular formula is C12H16ClNO. The van der Waals surface area contributed by atoms with Crippen molar-refractivity contribution in [3.63, 3.8) is 0 Å². The zero-order valence-corrected chi connectivity index (χ0v) is 10.1. The van der Waals surface area contributed by atoms with Crippen LogP contribution in [0, 0.1) is 6.92 Å². The minimum absolute atomic E-state index is 0.0511. The van der Waals surface area contributed by atoms with Crippen LogP contribution < -0.4 is 4.90 Å². The number of aryl methyl sites for hydroxylation is 1. The Morgan fingerprint density at radius 1 is 1.53 bits per heavy atom. The molecule has 0 unspecified atom stereocenters. The molecule has 0 saturated heterocycles. The number of carbonyl (C=O) groups excluding carboxylic acids is 1. The SMILES string of the molecule is CCN(C(=O)[C@@H](C)Cl)c1cccc(C)c1. The highest BCUT2D eigenvalue weighted by Gasteiger charge is 2.18. The maximum Gasteiger partial charge on any atom is 0.244 e. The van der Waals surface area contributed by atoms with Gasteiger partial charge in [0, 0.05) is 12.2 Å². The van der Waals surface area contributed by atoms with Crippen LogP contribution >= 0.6 is 11.6 Å². The third-order valence-corrected chi connectivity index (χ3v) is 2.42. The van der Waals surface area contributed by atoms with Gasteiger partial charge in [0.2, 0.25) is 5.91 Å². The first kappa shape index (κ1) is 12.1. The number of amides is 1. The minimum atomic E-state index is -0.481. The van der Waals surface area contributed by atoms with E-state index in [0.29, 0.717) is 6.54 Å². The number of hydrogen-bond acceptors (Lipinski definition) is 1. The van der Waals surface area contributed by atoms with E-state index in [0.717, 1.165) is 11.3 Å². The molecule has 1 amide bonds. The molecule has 0 fully saturated rings. The predicted molar refractivity (Wildman–Crippen MR) is 64.5 cm³/mol. The van der Waals surface area contributed by atoms with E-state index in [4.69, 9.17) is 11.6 Å². The van der Waals surface area contributed by atoms with E-state index < -0.39 is 5.38 Å². The van der Waals surface area contributed by atoms with Crippen molar-refractivity contribution in [3.05, 3.63) is 29.8 Å². The van der Waals surface area contributed by atoms with Crippen molar-refractivity contribution in [1.82, 2.24) is 0 Å². The molecule has 1 aromatic rings. The molecule has 0 aliphatic rings. The van der Waals surface area contributed by atoms with Crippen LogP contribution in [0.2, 0.25) is 0 Å². The van der Waals surface area contributed by atoms with E-state index in [2.05, 4.69) is 0 Å². The first-order valence-corrected chi connectivity index (χ1v) is 5.52. The fourth-order valence-corrected chi connectivity index (χ4v) is 1.59. The molecule has 0 N–H and O–H groups in total. The van der Waals surface area contributed by atoms with Gasteiger partial charge < -0.3 is 4.90 Å². The number of halogens is 1. The molecule has 0 saturated carbocycles. The Labute approximate surface area is 95.8 Å². The summed E-state index contributed by atoms with van der Waals surface area (Å²) in [5.74, 6) is -0.0511. The van der Waals surface area contributed by atoms with Crippen molar-refractivity contribution in [3.8, 4) is 0 Å². The molecule has 82 valence electrons. The van der Waals surface area contributed by atoms with E-state index >= 15 is 0 Å². The van der Waals surface area contributed by atoms with Crippen LogP contribution in [0.5, 0.6) is 0 Å². The molecule has 15 heavy (non-hydrogen) atoms. The van der Waals surface area contributed by atoms with Crippen LogP contribution in [0.1, 0.15) is 19.4 Å². The summed E-state index contributed by atoms with van der Waals surface area (Å²) in [7, 11) is 0. The van der Waals surface area contributed by atoms with Crippen LogP contribution in [0.15, 0.2) is 24.3 Å². The summed E-state index contributed by atoms with van der Waals surface area (Å²) in [6, 6.07) is 7.86. The van der Waals surface area contributed by atoms with Crippen molar-refractivity contribution in [1.29, 1.82) is 0 Å². The molecule has 0 heterocycles. The van der Waals surface area contributed by atoms with Crippen LogP contribution in [0.25, 0.3) is 0 Å². The summed E-state index contributed by atoms with van der Waals surface area (Å²) in [5.41, 5.74) is 2.05. The van der Waals surface area contributed by atoms with Crippen LogP contribution in [-0.4, -0.2) is 17.8 Å². The van der Waals surface area contributed by atoms with Gasteiger partial charge in [0.15, 0.2) is 0 Å². The number of rotatable bonds is 3. The highest BCUT2D eigenvalue weighted by molar-refractivity contribution is 6.32. The molecule has 0 aromatic heterocycles. The van der Waals surface area contributed by atoms with Crippen LogP contribution in [0.3, 0.4) is 0 Å². The number of anilines is 1. The van der Waals surface area contributed by atoms with E-state index in [1.807, 2.05) is 38.1 Å². The van der Waals surface area contributed by atoms with Crippen molar-refractivity contribution in [2.75, 3.05) is 11.4 Å². The minimum Gasteiger partial charge on any atom is -0.311 e. The molecular weight excluding hydrogens is 210 g/mol. The summed E-state index contributed by atoms with van der Waals surface area (Å²) in [6.07, 6.45) is 0. The van der Waals surface area contributed by atoms with Gasteiger partial charge in [0.1, 0.15) is 5.38 Å². The molecule has 2 nitrogen and oxygen atoms in total. The largest absolute Gasteiger partial charge is 0.311 e. The number of hydrogen-bond donors (Lipinski definition) is 0. The van der Waals surface area contributed by atoms with Gasteiger partial charge in [-0.25, -0.2) is 0 Å². The summed E-state index contributed by atoms with van der Waals surface area (Å²) in [6.45, 7) is 6.28. The van der Waals surface area contributed by atoms with Crippen LogP contribution in [0.4, 0.5) is 5.69 Å². The lowest BCUT2D eigenvalue weighted by atomic mass is 10.2. The lowest BCUT2D eigenvalue weighted by Gasteiger charge is -2.22. The normalized spacial score (nSPS) is 12.3. The predicted octanol–water partition coefficient (Wildman–Crippen LogP) is 2.98. The van der Waals surface area contributed by atoms with Gasteiger partial charge >= 0.3 is 0 Å². The summed E-state index contributed by atoms with van der Waals surface area (Å²) in [4.78, 5) is 13.5. The average molecular weight is 226 g/mol. The Balaban J connectivity index is 2.97. The number of benzene rings is 1. The van der Waals surface area contributed by atoms with Crippen molar-refractivity contribution >= 4 is 23.2 Å². The number of nitrogens with zero attached hydrogens (tertiary/aromatic N) is 1. The third kappa shape index (κ3) is 2.96. The first-order valence-electron chi connectivity index (χ1n) is 5.08. The van der Waals surface area contributed by atoms with E-state index in [9.17, 15) is 4.79 Å². The van der Waals surface area contributed by atoms with Gasteiger partial charge in [0.05, 0.1) is 0 Å². The van der Waals surface area contributed by atoms with Gasteiger partial charge in [-0.3, -0.25) is 4.79 Å². The topological polar surface area (TPSA) is 20.3 Å². The number of carbonyl (C=O) groups is 1. The van der Waals surface area contributed by atoms with Crippen molar-refractivity contribution in [2.24, 2.45) is 0 Å². The standard InChI is InChI=1S/C12H16ClNO/c1-4-14(12(15)10(3)13)11-7-5-6-9(2)8-11/h5-8,10H,4H2,1-3H3/t10-/m1/s1. The zero-order chi connectivity index (χ0) is 11.4. The van der Waals surface area contributed by atoms with E-state index in [1.165, 1.54) is 0 Å². The van der Waals surface area contributed by atoms with E-state index in [1.54, 1.807) is 11.8 Å². The molecule has 0 bridgehead atoms. The lowest BCUT2D eigenvalue weighted by molar-refractivity contribution is -0.117. The number of alkyl halides is 1. The Kier molecular flexibility index (Phi) is 4.15. The zero-order valence-electron chi connectivity index (χ0n) is 9.33. The third-order valence-electron chi connectivity index (χ3n) is 2.24. The smallest absolute Gasteiger partial charge is 0.244 e. The summed E-state index contributed by atoms with van der Waals surface area (Å²) >= 11 is 5.80. The van der Waals surface area contributed by atoms with Gasteiger partial charge in [-0.2, -0.15) is 0 Å². The van der Waals surface area contributed by atoms with Crippen molar-refractivity contribution in [2.45, 2.75) is 26.1 Å². The Morgan fingerprint density at radius 3 is 2.67 bits per heavy atom. The second kappa shape index (κ2) is 5.17. The molecule has 0 radical (unpaired) electrons. The molecule has 3 heteroatoms. The molecule has 0 spiro atoms. The Morgan fingerprint density at radius 2 is 2.20 bits per heavy atom. The molecule has 0 aliphatic heterocycles. The lowest BCUT2D eigenvalue weighted by Crippen LogP contribution is -2.35. The van der Waals surface area contributed by atoms with Crippen molar-refractivity contribution < 1.29 is 4.79 Å². The maximum atomic E-state index is 11.8. The molecule has 0 aliphatic carbocycles. The monoisotopic (exact) mass is 225 g/mol. The van der Waals surface area contributed by atoms with Crippen LogP contribution in [-0.2, 0) is 4.79 Å². The second-order valence-electron chi connectivity index (χ2n) is 3.54. The fraction of sp³-hybridized carbons (Fsp3) is 0.417. The van der Waals surface area contributed by atoms with Gasteiger partial charge in [-0.15, -0.1) is 11.6 Å². The summed E-state index contributed by atoms with van der Waals surface area (Å²) < 4.78 is 0. The Hall–Kier alpha value is -1.02. The first-order chi connectivity index (χ1) is 7.06. The average Bonchev–Trinajstić information content (AvgIpc) is 2.18. The molecule has 1 rings (SSSR count). The van der Waals surface area contributed by atoms with E-state index in [-0.39, 0.29) is 5.91 Å². The van der Waals surface area contributed by atoms with Gasteiger partial charge in [-0.1, -0.05) is 12.1 Å². The second-order valence-corrected chi connectivity index (χ2v) is 4.19. The highest BCUT2D eigenvalue weighted by Crippen LogP contribution is 2.17. The quantitative estimate of drug-likeness (QED) is 0.725. The maximum absolute atomic E-state index is 11.8. The molecule has 1 aromatic carbocycles.